The molecule has 4 nitrogen and oxygen atoms in total. The average molecular weight is 459 g/mol. The lowest BCUT2D eigenvalue weighted by atomic mass is 9.84. The van der Waals surface area contributed by atoms with Crippen LogP contribution in [-0.2, 0) is 9.59 Å². The van der Waals surface area contributed by atoms with E-state index in [1.165, 1.54) is 0 Å². The predicted molar refractivity (Wildman–Crippen MR) is 136 cm³/mol. The predicted octanol–water partition coefficient (Wildman–Crippen LogP) is 6.32. The number of nitrogens with zero attached hydrogens (tertiary/aromatic N) is 2. The van der Waals surface area contributed by atoms with E-state index in [1.54, 1.807) is 28.0 Å². The molecule has 0 saturated carbocycles. The summed E-state index contributed by atoms with van der Waals surface area (Å²) in [4.78, 5) is 30.5. The zero-order valence-electron chi connectivity index (χ0n) is 18.8. The number of hydrogen-bond donors (Lipinski definition) is 0. The highest BCUT2D eigenvalue weighted by atomic mass is 35.5. The monoisotopic (exact) mass is 458 g/mol. The smallest absolute Gasteiger partial charge is 0.251 e. The summed E-state index contributed by atoms with van der Waals surface area (Å²) in [6, 6.07) is 24.7. The van der Waals surface area contributed by atoms with Gasteiger partial charge in [-0.3, -0.25) is 9.59 Å². The second kappa shape index (κ2) is 10.1. The molecule has 3 aromatic rings. The summed E-state index contributed by atoms with van der Waals surface area (Å²) in [6.07, 6.45) is 4.00. The fraction of sp³-hybridized carbons (Fsp3) is 0.214. The molecule has 0 bridgehead atoms. The van der Waals surface area contributed by atoms with Crippen molar-refractivity contribution in [3.63, 3.8) is 0 Å². The number of fused-ring (bicyclic) bond motifs is 1. The number of para-hydroxylation sites is 1. The molecule has 1 heterocycles. The van der Waals surface area contributed by atoms with Gasteiger partial charge >= 0.3 is 0 Å². The van der Waals surface area contributed by atoms with Gasteiger partial charge in [-0.1, -0.05) is 60.1 Å². The first kappa shape index (κ1) is 22.8. The summed E-state index contributed by atoms with van der Waals surface area (Å²) in [6.45, 7) is 4.52. The van der Waals surface area contributed by atoms with Crippen molar-refractivity contribution >= 4 is 40.9 Å². The highest BCUT2D eigenvalue weighted by molar-refractivity contribution is 6.30. The Kier molecular flexibility index (Phi) is 6.95. The fourth-order valence-electron chi connectivity index (χ4n) is 4.47. The molecule has 4 rings (SSSR count). The second-order valence-corrected chi connectivity index (χ2v) is 8.64. The van der Waals surface area contributed by atoms with Gasteiger partial charge in [0.2, 0.25) is 5.91 Å². The van der Waals surface area contributed by atoms with Crippen LogP contribution in [0.2, 0.25) is 5.02 Å². The van der Waals surface area contributed by atoms with E-state index in [0.29, 0.717) is 18.0 Å². The number of carbonyl (C=O) groups is 2. The van der Waals surface area contributed by atoms with Gasteiger partial charge in [-0.15, -0.1) is 0 Å². The topological polar surface area (TPSA) is 40.6 Å². The highest BCUT2D eigenvalue weighted by Gasteiger charge is 2.38. The molecule has 0 aliphatic carbocycles. The van der Waals surface area contributed by atoms with Crippen molar-refractivity contribution in [1.82, 2.24) is 0 Å². The van der Waals surface area contributed by atoms with Crippen molar-refractivity contribution in [3.8, 4) is 0 Å². The molecule has 3 aromatic carbocycles. The summed E-state index contributed by atoms with van der Waals surface area (Å²) in [7, 11) is 0. The zero-order chi connectivity index (χ0) is 23.4. The summed E-state index contributed by atoms with van der Waals surface area (Å²) in [5.74, 6) is -0.380. The van der Waals surface area contributed by atoms with E-state index in [9.17, 15) is 9.59 Å². The Morgan fingerprint density at radius 3 is 2.36 bits per heavy atom. The van der Waals surface area contributed by atoms with Crippen LogP contribution in [0.4, 0.5) is 11.4 Å². The summed E-state index contributed by atoms with van der Waals surface area (Å²) in [5.41, 5.74) is 3.47. The summed E-state index contributed by atoms with van der Waals surface area (Å²) < 4.78 is 0. The largest absolute Gasteiger partial charge is 0.312 e. The number of benzene rings is 3. The molecule has 0 N–H and O–H groups in total. The lowest BCUT2D eigenvalue weighted by Crippen LogP contribution is -2.46. The Hall–Kier alpha value is -3.37. The molecule has 168 valence electrons. The quantitative estimate of drug-likeness (QED) is 0.420. The normalized spacial score (nSPS) is 17.6. The van der Waals surface area contributed by atoms with Gasteiger partial charge in [-0.25, -0.2) is 0 Å². The lowest BCUT2D eigenvalue weighted by molar-refractivity contribution is -0.121. The van der Waals surface area contributed by atoms with Crippen molar-refractivity contribution in [2.45, 2.75) is 32.2 Å². The van der Waals surface area contributed by atoms with Crippen molar-refractivity contribution in [3.05, 3.63) is 101 Å². The van der Waals surface area contributed by atoms with Crippen LogP contribution >= 0.6 is 11.6 Å². The molecule has 1 aliphatic rings. The van der Waals surface area contributed by atoms with E-state index in [2.05, 4.69) is 0 Å². The van der Waals surface area contributed by atoms with Crippen LogP contribution in [0.3, 0.4) is 0 Å². The van der Waals surface area contributed by atoms with Gasteiger partial charge in [0.15, 0.2) is 0 Å². The van der Waals surface area contributed by atoms with Gasteiger partial charge in [0.05, 0.1) is 5.92 Å². The molecule has 33 heavy (non-hydrogen) atoms. The number of rotatable bonds is 5. The maximum Gasteiger partial charge on any atom is 0.251 e. The molecular formula is C28H27ClN2O2. The number of halogens is 1. The van der Waals surface area contributed by atoms with E-state index in [-0.39, 0.29) is 23.8 Å². The van der Waals surface area contributed by atoms with Crippen LogP contribution in [0, 0.1) is 0 Å². The Balaban J connectivity index is 1.64. The minimum absolute atomic E-state index is 0.0334. The maximum absolute atomic E-state index is 13.7. The number of likely N-dealkylation sites (N-methyl/N-ethyl adjacent to an activating group) is 1. The van der Waals surface area contributed by atoms with Crippen LogP contribution in [0.5, 0.6) is 0 Å². The zero-order valence-corrected chi connectivity index (χ0v) is 19.6. The minimum atomic E-state index is -0.325. The SMILES string of the molecule is CCN(C(=O)[C@H]1C[C@H](C)N(C(=O)C=Cc2ccccc2)c2ccccc21)c1ccc(Cl)cc1. The van der Waals surface area contributed by atoms with E-state index in [0.717, 1.165) is 22.5 Å². The van der Waals surface area contributed by atoms with Gasteiger partial charge in [0, 0.05) is 35.1 Å². The van der Waals surface area contributed by atoms with Gasteiger partial charge in [-0.2, -0.15) is 0 Å². The molecule has 1 aliphatic heterocycles. The molecule has 0 aromatic heterocycles. The second-order valence-electron chi connectivity index (χ2n) is 8.21. The molecule has 0 spiro atoms. The van der Waals surface area contributed by atoms with Gasteiger partial charge in [0.25, 0.3) is 5.91 Å². The van der Waals surface area contributed by atoms with Crippen LogP contribution in [0.25, 0.3) is 6.08 Å². The van der Waals surface area contributed by atoms with Crippen LogP contribution in [0.15, 0.2) is 84.9 Å². The van der Waals surface area contributed by atoms with Gasteiger partial charge in [-0.05, 0) is 67.8 Å². The fourth-order valence-corrected chi connectivity index (χ4v) is 4.60. The Morgan fingerprint density at radius 1 is 1.00 bits per heavy atom. The third kappa shape index (κ3) is 4.86. The first-order chi connectivity index (χ1) is 16.0. The Labute approximate surface area is 200 Å². The van der Waals surface area contributed by atoms with E-state index >= 15 is 0 Å². The number of amides is 2. The van der Waals surface area contributed by atoms with Crippen molar-refractivity contribution in [2.75, 3.05) is 16.3 Å². The van der Waals surface area contributed by atoms with Crippen LogP contribution in [-0.4, -0.2) is 24.4 Å². The highest BCUT2D eigenvalue weighted by Crippen LogP contribution is 2.40. The number of carbonyl (C=O) groups excluding carboxylic acids is 2. The maximum atomic E-state index is 13.7. The third-order valence-corrected chi connectivity index (χ3v) is 6.32. The Morgan fingerprint density at radius 2 is 1.67 bits per heavy atom. The Bertz CT molecular complexity index is 1160. The van der Waals surface area contributed by atoms with Gasteiger partial charge < -0.3 is 9.80 Å². The molecule has 0 unspecified atom stereocenters. The van der Waals surface area contributed by atoms with E-state index in [4.69, 9.17) is 11.6 Å². The van der Waals surface area contributed by atoms with Crippen molar-refractivity contribution in [1.29, 1.82) is 0 Å². The third-order valence-electron chi connectivity index (χ3n) is 6.06. The molecule has 5 heteroatoms. The standard InChI is InChI=1S/C28H27ClN2O2/c1-3-30(23-16-14-22(29)15-17-23)28(33)25-19-20(2)31(26-12-8-7-11-24(25)26)27(32)18-13-21-9-5-4-6-10-21/h4-18,20,25H,3,19H2,1-2H3/t20-,25-/m0/s1. The van der Waals surface area contributed by atoms with E-state index in [1.807, 2.05) is 86.7 Å². The van der Waals surface area contributed by atoms with E-state index < -0.39 is 0 Å². The minimum Gasteiger partial charge on any atom is -0.312 e. The molecular weight excluding hydrogens is 432 g/mol. The molecule has 2 amide bonds. The van der Waals surface area contributed by atoms with Crippen molar-refractivity contribution in [2.24, 2.45) is 0 Å². The van der Waals surface area contributed by atoms with Crippen LogP contribution in [0.1, 0.15) is 37.3 Å². The lowest BCUT2D eigenvalue weighted by Gasteiger charge is -2.39. The van der Waals surface area contributed by atoms with Gasteiger partial charge in [0.1, 0.15) is 0 Å². The summed E-state index contributed by atoms with van der Waals surface area (Å²) >= 11 is 6.04. The molecule has 2 atom stereocenters. The first-order valence-corrected chi connectivity index (χ1v) is 11.6. The number of anilines is 2. The van der Waals surface area contributed by atoms with Crippen molar-refractivity contribution < 1.29 is 9.59 Å². The molecule has 0 saturated heterocycles. The first-order valence-electron chi connectivity index (χ1n) is 11.2. The summed E-state index contributed by atoms with van der Waals surface area (Å²) in [5, 5.41) is 0.636. The average Bonchev–Trinajstić information content (AvgIpc) is 2.84. The van der Waals surface area contributed by atoms with Crippen LogP contribution < -0.4 is 9.80 Å². The number of hydrogen-bond acceptors (Lipinski definition) is 2. The molecule has 0 radical (unpaired) electrons. The molecule has 0 fully saturated rings.